The lowest BCUT2D eigenvalue weighted by atomic mass is 10.0. The monoisotopic (exact) mass is 348 g/mol. The number of likely N-dealkylation sites (N-methyl/N-ethyl adjacent to an activating group) is 1. The van der Waals surface area contributed by atoms with E-state index in [0.717, 1.165) is 23.0 Å². The summed E-state index contributed by atoms with van der Waals surface area (Å²) >= 11 is 5.61. The number of nitrogens with one attached hydrogen (secondary N) is 1. The van der Waals surface area contributed by atoms with E-state index in [4.69, 9.17) is 12.2 Å². The van der Waals surface area contributed by atoms with Crippen LogP contribution in [-0.2, 0) is 0 Å². The Morgan fingerprint density at radius 2 is 1.84 bits per heavy atom. The van der Waals surface area contributed by atoms with Gasteiger partial charge in [-0.2, -0.15) is 0 Å². The quantitative estimate of drug-likeness (QED) is 0.726. The Balaban J connectivity index is 1.81. The van der Waals surface area contributed by atoms with Gasteiger partial charge in [-0.15, -0.1) is 0 Å². The molecule has 2 atom stereocenters. The van der Waals surface area contributed by atoms with E-state index in [1.807, 2.05) is 24.4 Å². The molecule has 1 N–H and O–H groups in total. The van der Waals surface area contributed by atoms with Crippen molar-refractivity contribution in [3.8, 4) is 5.69 Å². The molecule has 0 bridgehead atoms. The molecule has 0 aliphatic carbocycles. The van der Waals surface area contributed by atoms with E-state index in [1.165, 1.54) is 5.69 Å². The zero-order valence-corrected chi connectivity index (χ0v) is 14.9. The highest BCUT2D eigenvalue weighted by Gasteiger charge is 2.40. The minimum Gasteiger partial charge on any atom is -0.352 e. The summed E-state index contributed by atoms with van der Waals surface area (Å²) in [5.74, 6) is 0. The largest absolute Gasteiger partial charge is 0.352 e. The summed E-state index contributed by atoms with van der Waals surface area (Å²) in [6.45, 7) is 2.98. The summed E-state index contributed by atoms with van der Waals surface area (Å²) in [5.41, 5.74) is 3.36. The third kappa shape index (κ3) is 2.81. The first-order valence-electron chi connectivity index (χ1n) is 8.50. The van der Waals surface area contributed by atoms with E-state index in [2.05, 4.69) is 75.4 Å². The van der Waals surface area contributed by atoms with Crippen LogP contribution >= 0.6 is 12.2 Å². The molecule has 0 radical (unpaired) electrons. The van der Waals surface area contributed by atoms with Gasteiger partial charge in [-0.3, -0.25) is 4.98 Å². The fourth-order valence-corrected chi connectivity index (χ4v) is 3.90. The molecule has 2 aromatic heterocycles. The molecule has 1 fully saturated rings. The van der Waals surface area contributed by atoms with Gasteiger partial charge in [0.1, 0.15) is 0 Å². The Morgan fingerprint density at radius 1 is 1.04 bits per heavy atom. The van der Waals surface area contributed by atoms with E-state index >= 15 is 0 Å². The highest BCUT2D eigenvalue weighted by molar-refractivity contribution is 7.80. The van der Waals surface area contributed by atoms with Crippen molar-refractivity contribution >= 4 is 17.3 Å². The van der Waals surface area contributed by atoms with Crippen LogP contribution in [0.5, 0.6) is 0 Å². The van der Waals surface area contributed by atoms with E-state index in [0.29, 0.717) is 0 Å². The third-order valence-corrected chi connectivity index (χ3v) is 5.01. The molecule has 1 saturated heterocycles. The first-order valence-corrected chi connectivity index (χ1v) is 8.91. The van der Waals surface area contributed by atoms with Crippen LogP contribution in [0.3, 0.4) is 0 Å². The number of benzene rings is 1. The van der Waals surface area contributed by atoms with Crippen molar-refractivity contribution in [1.29, 1.82) is 0 Å². The predicted molar refractivity (Wildman–Crippen MR) is 104 cm³/mol. The van der Waals surface area contributed by atoms with Gasteiger partial charge in [0.15, 0.2) is 5.11 Å². The number of aromatic nitrogens is 2. The van der Waals surface area contributed by atoms with Crippen molar-refractivity contribution in [2.24, 2.45) is 0 Å². The van der Waals surface area contributed by atoms with Gasteiger partial charge >= 0.3 is 0 Å². The number of rotatable bonds is 4. The molecule has 5 heteroatoms. The van der Waals surface area contributed by atoms with Crippen molar-refractivity contribution in [1.82, 2.24) is 19.8 Å². The van der Waals surface area contributed by atoms with Crippen molar-refractivity contribution < 1.29 is 0 Å². The van der Waals surface area contributed by atoms with Gasteiger partial charge in [-0.05, 0) is 55.5 Å². The number of pyridine rings is 1. The van der Waals surface area contributed by atoms with Crippen LogP contribution in [0.1, 0.15) is 30.4 Å². The highest BCUT2D eigenvalue weighted by atomic mass is 32.1. The Labute approximate surface area is 153 Å². The smallest absolute Gasteiger partial charge is 0.170 e. The average Bonchev–Trinajstić information content (AvgIpc) is 3.27. The predicted octanol–water partition coefficient (Wildman–Crippen LogP) is 3.86. The fraction of sp³-hybridized carbons (Fsp3) is 0.200. The number of hydrogen-bond acceptors (Lipinski definition) is 2. The van der Waals surface area contributed by atoms with Crippen molar-refractivity contribution in [3.63, 3.8) is 0 Å². The molecular formula is C20H20N4S. The van der Waals surface area contributed by atoms with Crippen LogP contribution in [0.2, 0.25) is 0 Å². The van der Waals surface area contributed by atoms with Crippen LogP contribution in [0, 0.1) is 0 Å². The van der Waals surface area contributed by atoms with Gasteiger partial charge in [0.05, 0.1) is 17.8 Å². The van der Waals surface area contributed by atoms with Crippen LogP contribution in [-0.4, -0.2) is 26.1 Å². The zero-order chi connectivity index (χ0) is 17.2. The van der Waals surface area contributed by atoms with E-state index < -0.39 is 0 Å². The van der Waals surface area contributed by atoms with Gasteiger partial charge in [-0.25, -0.2) is 0 Å². The first kappa shape index (κ1) is 15.8. The molecule has 1 aromatic carbocycles. The Morgan fingerprint density at radius 3 is 2.56 bits per heavy atom. The molecule has 0 saturated carbocycles. The maximum Gasteiger partial charge on any atom is 0.170 e. The second kappa shape index (κ2) is 6.69. The molecule has 1 aliphatic rings. The van der Waals surface area contributed by atoms with E-state index in [1.54, 1.807) is 0 Å². The number of thiocarbonyl (C=S) groups is 1. The van der Waals surface area contributed by atoms with Gasteiger partial charge in [0.2, 0.25) is 0 Å². The maximum absolute atomic E-state index is 5.61. The average molecular weight is 348 g/mol. The lowest BCUT2D eigenvalue weighted by Gasteiger charge is -2.27. The number of nitrogens with zero attached hydrogens (tertiary/aromatic N) is 3. The minimum absolute atomic E-state index is 0.0333. The molecule has 1 aliphatic heterocycles. The molecule has 25 heavy (non-hydrogen) atoms. The van der Waals surface area contributed by atoms with Gasteiger partial charge in [-0.1, -0.05) is 24.3 Å². The van der Waals surface area contributed by atoms with Crippen LogP contribution in [0.4, 0.5) is 0 Å². The Kier molecular flexibility index (Phi) is 4.24. The molecule has 3 heterocycles. The molecule has 4 rings (SSSR count). The summed E-state index contributed by atoms with van der Waals surface area (Å²) < 4.78 is 2.24. The summed E-state index contributed by atoms with van der Waals surface area (Å²) in [6.07, 6.45) is 3.94. The molecule has 4 nitrogen and oxygen atoms in total. The molecule has 0 unspecified atom stereocenters. The van der Waals surface area contributed by atoms with Crippen LogP contribution in [0.25, 0.3) is 5.69 Å². The molecular weight excluding hydrogens is 328 g/mol. The van der Waals surface area contributed by atoms with Crippen molar-refractivity contribution in [2.75, 3.05) is 6.54 Å². The fourth-order valence-electron chi connectivity index (χ4n) is 3.53. The summed E-state index contributed by atoms with van der Waals surface area (Å²) in [5, 5.41) is 4.25. The normalized spacial score (nSPS) is 19.9. The van der Waals surface area contributed by atoms with Crippen LogP contribution in [0.15, 0.2) is 73.1 Å². The number of para-hydroxylation sites is 1. The summed E-state index contributed by atoms with van der Waals surface area (Å²) in [6, 6.07) is 20.8. The zero-order valence-electron chi connectivity index (χ0n) is 14.0. The van der Waals surface area contributed by atoms with Crippen LogP contribution < -0.4 is 5.32 Å². The highest BCUT2D eigenvalue weighted by Crippen LogP contribution is 2.39. The van der Waals surface area contributed by atoms with Gasteiger partial charge in [0.25, 0.3) is 0 Å². The molecule has 0 amide bonds. The summed E-state index contributed by atoms with van der Waals surface area (Å²) in [4.78, 5) is 6.81. The van der Waals surface area contributed by atoms with Crippen molar-refractivity contribution in [2.45, 2.75) is 19.0 Å². The van der Waals surface area contributed by atoms with E-state index in [9.17, 15) is 0 Å². The summed E-state index contributed by atoms with van der Waals surface area (Å²) in [7, 11) is 0. The Bertz CT molecular complexity index is 860. The third-order valence-electron chi connectivity index (χ3n) is 4.66. The second-order valence-electron chi connectivity index (χ2n) is 6.05. The molecule has 126 valence electrons. The lowest BCUT2D eigenvalue weighted by Crippen LogP contribution is -2.30. The van der Waals surface area contributed by atoms with Gasteiger partial charge < -0.3 is 14.8 Å². The van der Waals surface area contributed by atoms with E-state index in [-0.39, 0.29) is 12.1 Å². The lowest BCUT2D eigenvalue weighted by molar-refractivity contribution is 0.321. The van der Waals surface area contributed by atoms with Crippen molar-refractivity contribution in [3.05, 3.63) is 84.4 Å². The SMILES string of the molecule is CCN1C(=S)N[C@H](c2ccccn2)[C@H]1c1cccn1-c1ccccc1. The molecule has 3 aromatic rings. The maximum atomic E-state index is 5.61. The first-order chi connectivity index (χ1) is 12.3. The second-order valence-corrected chi connectivity index (χ2v) is 6.44. The molecule has 0 spiro atoms. The van der Waals surface area contributed by atoms with Gasteiger partial charge in [0, 0.05) is 30.3 Å². The minimum atomic E-state index is 0.0333. The Hall–Kier alpha value is -2.66. The number of hydrogen-bond donors (Lipinski definition) is 1. The standard InChI is InChI=1S/C20H20N4S/c1-2-23-19(18(22-20(23)25)16-11-6-7-13-21-16)17-12-8-14-24(17)15-9-4-3-5-10-15/h3-14,18-19H,2H2,1H3,(H,22,25)/t18-,19-/m1/s1. The topological polar surface area (TPSA) is 33.1 Å².